The normalized spacial score (nSPS) is 14.4. The Morgan fingerprint density at radius 3 is 2.58 bits per heavy atom. The molecule has 8 nitrogen and oxygen atoms in total. The van der Waals surface area contributed by atoms with Crippen molar-refractivity contribution >= 4 is 26.9 Å². The highest BCUT2D eigenvalue weighted by atomic mass is 32.2. The van der Waals surface area contributed by atoms with Crippen LogP contribution in [0.2, 0.25) is 0 Å². The van der Waals surface area contributed by atoms with E-state index in [1.165, 1.54) is 18.2 Å². The molecule has 4 rings (SSSR count). The molecular weight excluding hydrogens is 422 g/mol. The van der Waals surface area contributed by atoms with Crippen molar-refractivity contribution in [3.05, 3.63) is 41.5 Å². The molecule has 1 aliphatic carbocycles. The fourth-order valence-electron chi connectivity index (χ4n) is 3.86. The lowest BCUT2D eigenvalue weighted by molar-refractivity contribution is 0.143. The standard InChI is InChI=1S/C22H23NO7S/c1-12-8-17-16(10-20(23-17)30-22(25)26)13(2)21(12)29-15-6-7-18(24)19(9-15)31(27,28)11-14-4-3-5-14/h6-10,14,23-24H,3-5,11H2,1-2H3,(H,25,26). The third-order valence-electron chi connectivity index (χ3n) is 5.65. The Kier molecular flexibility index (Phi) is 5.30. The van der Waals surface area contributed by atoms with Crippen LogP contribution < -0.4 is 9.47 Å². The van der Waals surface area contributed by atoms with Crippen LogP contribution in [0.3, 0.4) is 0 Å². The van der Waals surface area contributed by atoms with Gasteiger partial charge in [0.1, 0.15) is 22.1 Å². The van der Waals surface area contributed by atoms with Gasteiger partial charge in [-0.3, -0.25) is 0 Å². The lowest BCUT2D eigenvalue weighted by Crippen LogP contribution is -2.22. The number of rotatable bonds is 6. The zero-order chi connectivity index (χ0) is 22.3. The van der Waals surface area contributed by atoms with Gasteiger partial charge in [0, 0.05) is 28.6 Å². The Morgan fingerprint density at radius 2 is 1.94 bits per heavy atom. The van der Waals surface area contributed by atoms with Crippen LogP contribution in [-0.4, -0.2) is 35.5 Å². The van der Waals surface area contributed by atoms with Crippen molar-refractivity contribution in [2.24, 2.45) is 5.92 Å². The summed E-state index contributed by atoms with van der Waals surface area (Å²) in [7, 11) is -3.64. The maximum absolute atomic E-state index is 12.8. The van der Waals surface area contributed by atoms with Gasteiger partial charge in [0.05, 0.1) is 5.75 Å². The van der Waals surface area contributed by atoms with E-state index >= 15 is 0 Å². The summed E-state index contributed by atoms with van der Waals surface area (Å²) in [6, 6.07) is 7.54. The molecule has 2 aromatic carbocycles. The molecule has 0 unspecified atom stereocenters. The molecule has 3 aromatic rings. The van der Waals surface area contributed by atoms with Gasteiger partial charge in [0.25, 0.3) is 0 Å². The molecule has 1 aliphatic rings. The Balaban J connectivity index is 1.68. The zero-order valence-corrected chi connectivity index (χ0v) is 18.0. The van der Waals surface area contributed by atoms with E-state index in [1.807, 2.05) is 13.8 Å². The minimum absolute atomic E-state index is 0.0176. The number of phenols is 1. The van der Waals surface area contributed by atoms with Gasteiger partial charge in [-0.25, -0.2) is 13.2 Å². The number of phenolic OH excluding ortho intramolecular Hbond substituents is 1. The molecule has 0 saturated heterocycles. The molecule has 0 aliphatic heterocycles. The molecule has 164 valence electrons. The number of aromatic amines is 1. The summed E-state index contributed by atoms with van der Waals surface area (Å²) in [4.78, 5) is 13.6. The van der Waals surface area contributed by atoms with Crippen molar-refractivity contribution < 1.29 is 32.9 Å². The molecule has 0 spiro atoms. The van der Waals surface area contributed by atoms with E-state index in [1.54, 1.807) is 12.1 Å². The van der Waals surface area contributed by atoms with Gasteiger partial charge >= 0.3 is 6.16 Å². The summed E-state index contributed by atoms with van der Waals surface area (Å²) in [5.74, 6) is 0.753. The lowest BCUT2D eigenvalue weighted by Gasteiger charge is -2.25. The van der Waals surface area contributed by atoms with Crippen molar-refractivity contribution in [3.63, 3.8) is 0 Å². The van der Waals surface area contributed by atoms with Gasteiger partial charge in [-0.2, -0.15) is 0 Å². The number of benzene rings is 2. The Hall–Kier alpha value is -3.20. The highest BCUT2D eigenvalue weighted by molar-refractivity contribution is 7.91. The first kappa shape index (κ1) is 21.0. The second kappa shape index (κ2) is 7.81. The molecule has 0 atom stereocenters. The molecular formula is C22H23NO7S. The van der Waals surface area contributed by atoms with E-state index in [2.05, 4.69) is 9.72 Å². The minimum Gasteiger partial charge on any atom is -0.507 e. The van der Waals surface area contributed by atoms with Crippen LogP contribution in [0.5, 0.6) is 23.1 Å². The number of aryl methyl sites for hydroxylation is 2. The molecule has 0 bridgehead atoms. The monoisotopic (exact) mass is 445 g/mol. The van der Waals surface area contributed by atoms with Crippen LogP contribution in [0.1, 0.15) is 30.4 Å². The average Bonchev–Trinajstić information content (AvgIpc) is 3.04. The number of sulfone groups is 1. The fourth-order valence-corrected chi connectivity index (χ4v) is 5.68. The maximum atomic E-state index is 12.8. The number of aromatic hydroxyl groups is 1. The smallest absolute Gasteiger partial charge is 0.507 e. The number of hydrogen-bond acceptors (Lipinski definition) is 6. The summed E-state index contributed by atoms with van der Waals surface area (Å²) < 4.78 is 36.3. The van der Waals surface area contributed by atoms with Gasteiger partial charge in [0.2, 0.25) is 5.88 Å². The number of carboxylic acid groups (broad SMARTS) is 1. The molecule has 3 N–H and O–H groups in total. The largest absolute Gasteiger partial charge is 0.512 e. The van der Waals surface area contributed by atoms with Crippen LogP contribution in [0, 0.1) is 19.8 Å². The third kappa shape index (κ3) is 4.18. The van der Waals surface area contributed by atoms with E-state index in [4.69, 9.17) is 9.84 Å². The number of H-pyrrole nitrogens is 1. The van der Waals surface area contributed by atoms with E-state index in [0.717, 1.165) is 30.4 Å². The van der Waals surface area contributed by atoms with Gasteiger partial charge < -0.3 is 24.7 Å². The highest BCUT2D eigenvalue weighted by Gasteiger charge is 2.28. The lowest BCUT2D eigenvalue weighted by atomic mass is 9.87. The number of ether oxygens (including phenoxy) is 2. The van der Waals surface area contributed by atoms with Gasteiger partial charge in [-0.1, -0.05) is 6.42 Å². The zero-order valence-electron chi connectivity index (χ0n) is 17.1. The second-order valence-corrected chi connectivity index (χ2v) is 9.92. The second-order valence-electron chi connectivity index (χ2n) is 7.92. The predicted octanol–water partition coefficient (Wildman–Crippen LogP) is 4.91. The predicted molar refractivity (Wildman–Crippen MR) is 114 cm³/mol. The van der Waals surface area contributed by atoms with Crippen LogP contribution in [0.25, 0.3) is 10.9 Å². The Labute approximate surface area is 179 Å². The molecule has 1 fully saturated rings. The topological polar surface area (TPSA) is 126 Å². The first-order valence-electron chi connectivity index (χ1n) is 9.91. The number of hydrogen-bond donors (Lipinski definition) is 3. The van der Waals surface area contributed by atoms with Crippen molar-refractivity contribution in [3.8, 4) is 23.1 Å². The Bertz CT molecular complexity index is 1270. The maximum Gasteiger partial charge on any atom is 0.512 e. The SMILES string of the molecule is Cc1cc2[nH]c(OC(=O)O)cc2c(C)c1Oc1ccc(O)c(S(=O)(=O)CC2CCC2)c1. The summed E-state index contributed by atoms with van der Waals surface area (Å²) in [6.07, 6.45) is 1.39. The minimum atomic E-state index is -3.64. The average molecular weight is 445 g/mol. The quantitative estimate of drug-likeness (QED) is 0.460. The molecule has 1 saturated carbocycles. The van der Waals surface area contributed by atoms with E-state index in [-0.39, 0.29) is 33.9 Å². The molecule has 0 radical (unpaired) electrons. The summed E-state index contributed by atoms with van der Waals surface area (Å²) in [6.45, 7) is 3.65. The molecule has 0 amide bonds. The molecule has 9 heteroatoms. The fraction of sp³-hybridized carbons (Fsp3) is 0.318. The number of carbonyl (C=O) groups is 1. The highest BCUT2D eigenvalue weighted by Crippen LogP contribution is 2.38. The van der Waals surface area contributed by atoms with Crippen LogP contribution >= 0.6 is 0 Å². The van der Waals surface area contributed by atoms with Gasteiger partial charge in [-0.15, -0.1) is 0 Å². The van der Waals surface area contributed by atoms with E-state index in [0.29, 0.717) is 16.7 Å². The number of aromatic nitrogens is 1. The summed E-state index contributed by atoms with van der Waals surface area (Å²) in [5, 5.41) is 19.7. The van der Waals surface area contributed by atoms with Crippen LogP contribution in [0.4, 0.5) is 4.79 Å². The van der Waals surface area contributed by atoms with Crippen molar-refractivity contribution in [1.82, 2.24) is 4.98 Å². The molecule has 1 heterocycles. The van der Waals surface area contributed by atoms with Gasteiger partial charge in [0.15, 0.2) is 9.84 Å². The van der Waals surface area contributed by atoms with Gasteiger partial charge in [-0.05, 0) is 56.4 Å². The third-order valence-corrected chi connectivity index (χ3v) is 7.56. The van der Waals surface area contributed by atoms with Crippen molar-refractivity contribution in [2.45, 2.75) is 38.0 Å². The first-order valence-corrected chi connectivity index (χ1v) is 11.6. The van der Waals surface area contributed by atoms with E-state index < -0.39 is 16.0 Å². The van der Waals surface area contributed by atoms with E-state index in [9.17, 15) is 18.3 Å². The van der Waals surface area contributed by atoms with Crippen molar-refractivity contribution in [2.75, 3.05) is 5.75 Å². The summed E-state index contributed by atoms with van der Waals surface area (Å²) >= 11 is 0. The number of fused-ring (bicyclic) bond motifs is 1. The summed E-state index contributed by atoms with van der Waals surface area (Å²) in [5.41, 5.74) is 2.19. The van der Waals surface area contributed by atoms with Crippen LogP contribution in [0.15, 0.2) is 35.2 Å². The first-order chi connectivity index (χ1) is 14.6. The molecule has 31 heavy (non-hydrogen) atoms. The number of nitrogens with one attached hydrogen (secondary N) is 1. The van der Waals surface area contributed by atoms with Crippen molar-refractivity contribution in [1.29, 1.82) is 0 Å². The van der Waals surface area contributed by atoms with Crippen LogP contribution in [-0.2, 0) is 9.84 Å². The molecule has 1 aromatic heterocycles. The Morgan fingerprint density at radius 1 is 1.19 bits per heavy atom.